The Hall–Kier alpha value is -0.860. The van der Waals surface area contributed by atoms with Gasteiger partial charge in [-0.3, -0.25) is 4.79 Å². The van der Waals surface area contributed by atoms with Crippen molar-refractivity contribution in [1.82, 2.24) is 0 Å². The monoisotopic (exact) mass is 196 g/mol. The Morgan fingerprint density at radius 2 is 2.08 bits per heavy atom. The molecule has 0 spiro atoms. The highest BCUT2D eigenvalue weighted by molar-refractivity contribution is 6.21. The van der Waals surface area contributed by atoms with Crippen molar-refractivity contribution in [3.05, 3.63) is 35.9 Å². The molecule has 1 unspecified atom stereocenters. The van der Waals surface area contributed by atoms with Crippen molar-refractivity contribution < 1.29 is 9.53 Å². The number of rotatable bonds is 2. The van der Waals surface area contributed by atoms with E-state index in [4.69, 9.17) is 16.3 Å². The Balaban J connectivity index is 2.38. The van der Waals surface area contributed by atoms with Crippen molar-refractivity contribution in [2.24, 2.45) is 0 Å². The lowest BCUT2D eigenvalue weighted by Gasteiger charge is -2.38. The minimum atomic E-state index is -0.858. The summed E-state index contributed by atoms with van der Waals surface area (Å²) in [6.07, 6.45) is 0. The molecule has 0 saturated carbocycles. The first-order valence-corrected chi connectivity index (χ1v) is 4.62. The van der Waals surface area contributed by atoms with Gasteiger partial charge in [0.1, 0.15) is 6.61 Å². The van der Waals surface area contributed by atoms with E-state index in [2.05, 4.69) is 0 Å². The van der Waals surface area contributed by atoms with Crippen molar-refractivity contribution in [1.29, 1.82) is 0 Å². The molecule has 1 aromatic carbocycles. The van der Waals surface area contributed by atoms with Crippen LogP contribution in [0.25, 0.3) is 0 Å². The van der Waals surface area contributed by atoms with Crippen LogP contribution < -0.4 is 0 Å². The summed E-state index contributed by atoms with van der Waals surface area (Å²) >= 11 is 5.74. The zero-order valence-electron chi connectivity index (χ0n) is 7.00. The van der Waals surface area contributed by atoms with Gasteiger partial charge < -0.3 is 4.74 Å². The maximum atomic E-state index is 11.4. The molecular formula is C10H9ClO2. The zero-order valence-corrected chi connectivity index (χ0v) is 7.75. The summed E-state index contributed by atoms with van der Waals surface area (Å²) < 4.78 is 5.28. The number of carbonyl (C=O) groups excluding carboxylic acids is 1. The molecule has 0 amide bonds. The van der Waals surface area contributed by atoms with E-state index in [-0.39, 0.29) is 18.3 Å². The van der Waals surface area contributed by atoms with E-state index in [0.717, 1.165) is 5.56 Å². The number of ether oxygens (including phenoxy) is 1. The van der Waals surface area contributed by atoms with Crippen LogP contribution in [0, 0.1) is 0 Å². The molecule has 1 heterocycles. The van der Waals surface area contributed by atoms with Crippen LogP contribution >= 0.6 is 11.6 Å². The van der Waals surface area contributed by atoms with Crippen LogP contribution in [0.3, 0.4) is 0 Å². The second-order valence-corrected chi connectivity index (χ2v) is 3.31. The summed E-state index contributed by atoms with van der Waals surface area (Å²) in [5, 5.41) is 0. The highest BCUT2D eigenvalue weighted by Crippen LogP contribution is 2.35. The molecule has 0 N–H and O–H groups in total. The molecule has 1 aromatic rings. The molecule has 68 valence electrons. The molecule has 1 saturated heterocycles. The van der Waals surface area contributed by atoms with Gasteiger partial charge in [0, 0.05) is 0 Å². The van der Waals surface area contributed by atoms with E-state index < -0.39 is 5.60 Å². The Kier molecular flexibility index (Phi) is 2.10. The van der Waals surface area contributed by atoms with Gasteiger partial charge in [0.25, 0.3) is 0 Å². The second kappa shape index (κ2) is 3.13. The van der Waals surface area contributed by atoms with E-state index in [0.29, 0.717) is 0 Å². The fourth-order valence-electron chi connectivity index (χ4n) is 1.45. The molecule has 1 aliphatic heterocycles. The number of Topliss-reactive ketones (excluding diaryl/α,β-unsaturated/α-hetero) is 1. The summed E-state index contributed by atoms with van der Waals surface area (Å²) in [5.41, 5.74) is -0.00994. The Morgan fingerprint density at radius 1 is 1.38 bits per heavy atom. The zero-order chi connectivity index (χ0) is 9.31. The molecule has 0 radical (unpaired) electrons. The minimum absolute atomic E-state index is 0.0636. The first-order chi connectivity index (χ1) is 6.29. The highest BCUT2D eigenvalue weighted by Gasteiger charge is 2.48. The number of halogens is 1. The number of benzene rings is 1. The Labute approximate surface area is 81.5 Å². The van der Waals surface area contributed by atoms with Crippen LogP contribution in [0.5, 0.6) is 0 Å². The van der Waals surface area contributed by atoms with Crippen molar-refractivity contribution >= 4 is 17.4 Å². The predicted molar refractivity (Wildman–Crippen MR) is 49.8 cm³/mol. The summed E-state index contributed by atoms with van der Waals surface area (Å²) in [4.78, 5) is 11.4. The normalized spacial score (nSPS) is 27.0. The molecule has 2 rings (SSSR count). The van der Waals surface area contributed by atoms with Gasteiger partial charge in [-0.15, -0.1) is 11.6 Å². The molecule has 2 nitrogen and oxygen atoms in total. The third-order valence-corrected chi connectivity index (χ3v) is 2.70. The van der Waals surface area contributed by atoms with Crippen molar-refractivity contribution in [2.75, 3.05) is 12.5 Å². The minimum Gasteiger partial charge on any atom is -0.353 e. The largest absolute Gasteiger partial charge is 0.353 e. The molecule has 1 fully saturated rings. The summed E-state index contributed by atoms with van der Waals surface area (Å²) in [7, 11) is 0. The van der Waals surface area contributed by atoms with Crippen LogP contribution in [-0.4, -0.2) is 18.3 Å². The van der Waals surface area contributed by atoms with E-state index >= 15 is 0 Å². The lowest BCUT2D eigenvalue weighted by Crippen LogP contribution is -2.53. The molecule has 13 heavy (non-hydrogen) atoms. The van der Waals surface area contributed by atoms with E-state index in [9.17, 15) is 4.79 Å². The molecule has 0 bridgehead atoms. The molecule has 0 aliphatic carbocycles. The third kappa shape index (κ3) is 1.18. The highest BCUT2D eigenvalue weighted by atomic mass is 35.5. The molecule has 0 aromatic heterocycles. The average molecular weight is 197 g/mol. The van der Waals surface area contributed by atoms with E-state index in [1.807, 2.05) is 30.3 Å². The van der Waals surface area contributed by atoms with Crippen molar-refractivity contribution in [3.8, 4) is 0 Å². The van der Waals surface area contributed by atoms with Crippen molar-refractivity contribution in [2.45, 2.75) is 5.60 Å². The predicted octanol–water partition coefficient (Wildman–Crippen LogP) is 1.72. The topological polar surface area (TPSA) is 26.3 Å². The molecular weight excluding hydrogens is 188 g/mol. The molecule has 3 heteroatoms. The van der Waals surface area contributed by atoms with Gasteiger partial charge >= 0.3 is 0 Å². The molecule has 1 atom stereocenters. The van der Waals surface area contributed by atoms with Gasteiger partial charge in [-0.2, -0.15) is 0 Å². The first kappa shape index (κ1) is 8.73. The number of hydrogen-bond acceptors (Lipinski definition) is 2. The summed E-state index contributed by atoms with van der Waals surface area (Å²) in [5.74, 6) is 0.254. The third-order valence-electron chi connectivity index (χ3n) is 2.33. The quantitative estimate of drug-likeness (QED) is 0.674. The lowest BCUT2D eigenvalue weighted by atomic mass is 9.87. The van der Waals surface area contributed by atoms with Gasteiger partial charge in [0.05, 0.1) is 5.88 Å². The van der Waals surface area contributed by atoms with Gasteiger partial charge in [0.15, 0.2) is 11.4 Å². The Bertz CT molecular complexity index is 319. The van der Waals surface area contributed by atoms with Crippen LogP contribution in [0.4, 0.5) is 0 Å². The maximum Gasteiger partial charge on any atom is 0.196 e. The van der Waals surface area contributed by atoms with Crippen LogP contribution in [0.1, 0.15) is 5.56 Å². The smallest absolute Gasteiger partial charge is 0.196 e. The second-order valence-electron chi connectivity index (χ2n) is 3.04. The van der Waals surface area contributed by atoms with Gasteiger partial charge in [-0.05, 0) is 5.56 Å². The number of carbonyl (C=O) groups is 1. The SMILES string of the molecule is O=C1COC1(CCl)c1ccccc1. The Morgan fingerprint density at radius 3 is 2.46 bits per heavy atom. The van der Waals surface area contributed by atoms with Gasteiger partial charge in [-0.1, -0.05) is 30.3 Å². The van der Waals surface area contributed by atoms with E-state index in [1.54, 1.807) is 0 Å². The van der Waals surface area contributed by atoms with Crippen LogP contribution in [0.15, 0.2) is 30.3 Å². The number of hydrogen-bond donors (Lipinski definition) is 0. The van der Waals surface area contributed by atoms with Crippen molar-refractivity contribution in [3.63, 3.8) is 0 Å². The summed E-state index contributed by atoms with van der Waals surface area (Å²) in [6.45, 7) is 0.182. The average Bonchev–Trinajstić information content (AvgIpc) is 2.19. The van der Waals surface area contributed by atoms with E-state index in [1.165, 1.54) is 0 Å². The van der Waals surface area contributed by atoms with Gasteiger partial charge in [-0.25, -0.2) is 0 Å². The lowest BCUT2D eigenvalue weighted by molar-refractivity contribution is -0.176. The maximum absolute atomic E-state index is 11.4. The number of ketones is 1. The molecule has 1 aliphatic rings. The fourth-order valence-corrected chi connectivity index (χ4v) is 1.83. The number of alkyl halides is 1. The van der Waals surface area contributed by atoms with Gasteiger partial charge in [0.2, 0.25) is 0 Å². The first-order valence-electron chi connectivity index (χ1n) is 4.08. The standard InChI is InChI=1S/C10H9ClO2/c11-7-10(9(12)6-13-10)8-4-2-1-3-5-8/h1-5H,6-7H2. The summed E-state index contributed by atoms with van der Waals surface area (Å²) in [6, 6.07) is 9.37. The van der Waals surface area contributed by atoms with Crippen LogP contribution in [-0.2, 0) is 15.1 Å². The van der Waals surface area contributed by atoms with Crippen LogP contribution in [0.2, 0.25) is 0 Å². The fraction of sp³-hybridized carbons (Fsp3) is 0.300.